The number of hydrogen-bond acceptors (Lipinski definition) is 5. The van der Waals surface area contributed by atoms with E-state index in [1.165, 1.54) is 6.20 Å². The Balaban J connectivity index is 2.35. The minimum Gasteiger partial charge on any atom is -0.479 e. The van der Waals surface area contributed by atoms with Crippen LogP contribution >= 0.6 is 0 Å². The van der Waals surface area contributed by atoms with Crippen molar-refractivity contribution in [3.63, 3.8) is 0 Å². The summed E-state index contributed by atoms with van der Waals surface area (Å²) in [6, 6.07) is 7.52. The maximum absolute atomic E-state index is 11.4. The van der Waals surface area contributed by atoms with E-state index >= 15 is 0 Å². The quantitative estimate of drug-likeness (QED) is 0.861. The second-order valence-corrected chi connectivity index (χ2v) is 6.55. The Kier molecular flexibility index (Phi) is 3.84. The Bertz CT molecular complexity index is 709. The zero-order valence-electron chi connectivity index (χ0n) is 10.7. The van der Waals surface area contributed by atoms with Crippen LogP contribution in [0.1, 0.15) is 17.3 Å². The van der Waals surface area contributed by atoms with Crippen molar-refractivity contribution in [1.29, 1.82) is 0 Å². The zero-order chi connectivity index (χ0) is 14.8. The molecule has 1 N–H and O–H groups in total. The fourth-order valence-electron chi connectivity index (χ4n) is 1.82. The number of carboxylic acid groups (broad SMARTS) is 1. The number of hydrogen-bond donors (Lipinski definition) is 1. The molecule has 1 heterocycles. The maximum atomic E-state index is 11.4. The van der Waals surface area contributed by atoms with E-state index in [2.05, 4.69) is 10.3 Å². The van der Waals surface area contributed by atoms with Gasteiger partial charge in [-0.3, -0.25) is 0 Å². The van der Waals surface area contributed by atoms with E-state index in [1.54, 1.807) is 30.3 Å². The molecule has 0 fully saturated rings. The highest BCUT2D eigenvalue weighted by Crippen LogP contribution is 2.18. The Morgan fingerprint density at radius 2 is 2.00 bits per heavy atom. The van der Waals surface area contributed by atoms with Crippen molar-refractivity contribution in [2.24, 2.45) is 0 Å². The van der Waals surface area contributed by atoms with Gasteiger partial charge in [0.2, 0.25) is 0 Å². The molecule has 8 heteroatoms. The van der Waals surface area contributed by atoms with Crippen molar-refractivity contribution in [2.45, 2.75) is 11.8 Å². The van der Waals surface area contributed by atoms with Gasteiger partial charge in [-0.15, -0.1) is 5.10 Å². The molecule has 0 aliphatic rings. The number of nitrogens with zero attached hydrogens (tertiary/aromatic N) is 3. The molecule has 1 atom stereocenters. The van der Waals surface area contributed by atoms with E-state index in [9.17, 15) is 18.3 Å². The third kappa shape index (κ3) is 3.41. The van der Waals surface area contributed by atoms with E-state index in [0.29, 0.717) is 5.56 Å². The fourth-order valence-corrected chi connectivity index (χ4v) is 2.49. The molecule has 0 aliphatic carbocycles. The first kappa shape index (κ1) is 14.2. The predicted octanol–water partition coefficient (Wildman–Crippen LogP) is 0.497. The third-order valence-electron chi connectivity index (χ3n) is 2.58. The Morgan fingerprint density at radius 3 is 2.55 bits per heavy atom. The average molecular weight is 295 g/mol. The first-order valence-electron chi connectivity index (χ1n) is 5.73. The molecule has 0 saturated heterocycles. The van der Waals surface area contributed by atoms with Crippen molar-refractivity contribution in [1.82, 2.24) is 15.0 Å². The van der Waals surface area contributed by atoms with Crippen LogP contribution < -0.4 is 0 Å². The molecule has 0 radical (unpaired) electrons. The monoisotopic (exact) mass is 295 g/mol. The summed E-state index contributed by atoms with van der Waals surface area (Å²) < 4.78 is 23.5. The third-order valence-corrected chi connectivity index (χ3v) is 3.40. The highest BCUT2D eigenvalue weighted by atomic mass is 32.2. The first-order chi connectivity index (χ1) is 9.37. The predicted molar refractivity (Wildman–Crippen MR) is 70.8 cm³/mol. The molecule has 1 aromatic carbocycles. The van der Waals surface area contributed by atoms with Gasteiger partial charge < -0.3 is 5.11 Å². The molecule has 0 bridgehead atoms. The van der Waals surface area contributed by atoms with E-state index < -0.39 is 21.8 Å². The van der Waals surface area contributed by atoms with E-state index in [0.717, 1.165) is 10.9 Å². The van der Waals surface area contributed by atoms with Gasteiger partial charge in [0.1, 0.15) is 0 Å². The lowest BCUT2D eigenvalue weighted by Gasteiger charge is -2.11. The molecule has 2 rings (SSSR count). The molecule has 7 nitrogen and oxygen atoms in total. The number of benzene rings is 1. The number of aliphatic carboxylic acids is 1. The van der Waals surface area contributed by atoms with Gasteiger partial charge in [0.15, 0.2) is 15.9 Å². The number of sulfone groups is 1. The van der Waals surface area contributed by atoms with Crippen LogP contribution in [-0.2, 0) is 20.4 Å². The highest BCUT2D eigenvalue weighted by Gasteiger charge is 2.23. The SMILES string of the molecule is CS(=O)(=O)Cc1cn(C(C(=O)O)c2ccccc2)nn1. The minimum atomic E-state index is -3.24. The van der Waals surface area contributed by atoms with Crippen molar-refractivity contribution in [3.05, 3.63) is 47.8 Å². The summed E-state index contributed by atoms with van der Waals surface area (Å²) >= 11 is 0. The van der Waals surface area contributed by atoms with Crippen LogP contribution in [0.15, 0.2) is 36.5 Å². The number of rotatable bonds is 5. The van der Waals surface area contributed by atoms with Gasteiger partial charge in [-0.25, -0.2) is 17.9 Å². The molecular weight excluding hydrogens is 282 g/mol. The van der Waals surface area contributed by atoms with Crippen LogP contribution in [0.5, 0.6) is 0 Å². The van der Waals surface area contributed by atoms with E-state index in [-0.39, 0.29) is 11.4 Å². The maximum Gasteiger partial charge on any atom is 0.333 e. The largest absolute Gasteiger partial charge is 0.479 e. The van der Waals surface area contributed by atoms with E-state index in [4.69, 9.17) is 0 Å². The molecule has 2 aromatic rings. The Labute approximate surface area is 115 Å². The lowest BCUT2D eigenvalue weighted by atomic mass is 10.1. The summed E-state index contributed by atoms with van der Waals surface area (Å²) in [6.45, 7) is 0. The van der Waals surface area contributed by atoms with Crippen LogP contribution in [0.4, 0.5) is 0 Å². The van der Waals surface area contributed by atoms with Crippen molar-refractivity contribution in [3.8, 4) is 0 Å². The van der Waals surface area contributed by atoms with Crippen molar-refractivity contribution < 1.29 is 18.3 Å². The molecule has 20 heavy (non-hydrogen) atoms. The summed E-state index contributed by atoms with van der Waals surface area (Å²) in [5, 5.41) is 16.7. The number of aromatic nitrogens is 3. The van der Waals surface area contributed by atoms with Gasteiger partial charge in [0.25, 0.3) is 0 Å². The highest BCUT2D eigenvalue weighted by molar-refractivity contribution is 7.89. The standard InChI is InChI=1S/C12H13N3O4S/c1-20(18,19)8-10-7-15(14-13-10)11(12(16)17)9-5-3-2-4-6-9/h2-7,11H,8H2,1H3,(H,16,17). The van der Waals surface area contributed by atoms with Crippen molar-refractivity contribution >= 4 is 15.8 Å². The second kappa shape index (κ2) is 5.41. The molecular formula is C12H13N3O4S. The Morgan fingerprint density at radius 1 is 1.35 bits per heavy atom. The smallest absolute Gasteiger partial charge is 0.333 e. The van der Waals surface area contributed by atoms with E-state index in [1.807, 2.05) is 0 Å². The molecule has 1 unspecified atom stereocenters. The van der Waals surface area contributed by atoms with Gasteiger partial charge in [-0.1, -0.05) is 35.5 Å². The summed E-state index contributed by atoms with van der Waals surface area (Å²) in [5.74, 6) is -1.36. The zero-order valence-corrected chi connectivity index (χ0v) is 11.5. The first-order valence-corrected chi connectivity index (χ1v) is 7.79. The molecule has 0 saturated carbocycles. The molecule has 106 valence electrons. The second-order valence-electron chi connectivity index (χ2n) is 4.41. The molecule has 1 aromatic heterocycles. The van der Waals surface area contributed by atoms with Crippen molar-refractivity contribution in [2.75, 3.05) is 6.26 Å². The van der Waals surface area contributed by atoms with Crippen LogP contribution in [0, 0.1) is 0 Å². The van der Waals surface area contributed by atoms with Gasteiger partial charge in [0, 0.05) is 6.26 Å². The van der Waals surface area contributed by atoms with Crippen LogP contribution in [0.2, 0.25) is 0 Å². The summed E-state index contributed by atoms with van der Waals surface area (Å²) in [4.78, 5) is 11.4. The fraction of sp³-hybridized carbons (Fsp3) is 0.250. The van der Waals surface area contributed by atoms with Crippen LogP contribution in [0.25, 0.3) is 0 Å². The molecule has 0 aliphatic heterocycles. The van der Waals surface area contributed by atoms with Gasteiger partial charge >= 0.3 is 5.97 Å². The molecule has 0 spiro atoms. The summed E-state index contributed by atoms with van der Waals surface area (Å²) in [5.41, 5.74) is 0.755. The minimum absolute atomic E-state index is 0.217. The van der Waals surface area contributed by atoms with Gasteiger partial charge in [-0.05, 0) is 5.56 Å². The van der Waals surface area contributed by atoms with Gasteiger partial charge in [-0.2, -0.15) is 0 Å². The van der Waals surface area contributed by atoms with Crippen LogP contribution in [0.3, 0.4) is 0 Å². The average Bonchev–Trinajstić information content (AvgIpc) is 2.76. The van der Waals surface area contributed by atoms with Crippen LogP contribution in [-0.4, -0.2) is 40.7 Å². The lowest BCUT2D eigenvalue weighted by molar-refractivity contribution is -0.139. The summed E-state index contributed by atoms with van der Waals surface area (Å²) in [7, 11) is -3.24. The molecule has 0 amide bonds. The van der Waals surface area contributed by atoms with Gasteiger partial charge in [0.05, 0.1) is 17.6 Å². The number of carbonyl (C=O) groups is 1. The topological polar surface area (TPSA) is 102 Å². The lowest BCUT2D eigenvalue weighted by Crippen LogP contribution is -2.20. The number of carboxylic acids is 1. The summed E-state index contributed by atoms with van der Waals surface area (Å²) in [6.07, 6.45) is 2.42. The Hall–Kier alpha value is -2.22. The normalized spacial score (nSPS) is 13.1.